The second-order valence-electron chi connectivity index (χ2n) is 7.51. The van der Waals surface area contributed by atoms with Gasteiger partial charge in [0.25, 0.3) is 0 Å². The van der Waals surface area contributed by atoms with Crippen molar-refractivity contribution in [1.29, 1.82) is 5.26 Å². The number of fused-ring (bicyclic) bond motifs is 1. The molecule has 1 aliphatic carbocycles. The highest BCUT2D eigenvalue weighted by Gasteiger charge is 2.35. The Kier molecular flexibility index (Phi) is 6.08. The maximum atomic E-state index is 9.52. The Bertz CT molecular complexity index is 362. The first-order valence-corrected chi connectivity index (χ1v) is 8.98. The van der Waals surface area contributed by atoms with Gasteiger partial charge in [-0.2, -0.15) is 5.26 Å². The number of likely N-dealkylation sites (tertiary alicyclic amines) is 1. The highest BCUT2D eigenvalue weighted by atomic mass is 15.2. The first-order chi connectivity index (χ1) is 10.1. The van der Waals surface area contributed by atoms with E-state index in [0.717, 1.165) is 31.2 Å². The van der Waals surface area contributed by atoms with Crippen LogP contribution in [0.1, 0.15) is 65.7 Å². The molecule has 2 rings (SSSR count). The number of nitrogens with zero attached hydrogens (tertiary/aromatic N) is 2. The molecule has 3 nitrogen and oxygen atoms in total. The summed E-state index contributed by atoms with van der Waals surface area (Å²) in [4.78, 5) is 2.65. The fourth-order valence-electron chi connectivity index (χ4n) is 4.31. The van der Waals surface area contributed by atoms with Crippen molar-refractivity contribution in [2.75, 3.05) is 19.6 Å². The molecule has 4 atom stereocenters. The van der Waals surface area contributed by atoms with E-state index in [-0.39, 0.29) is 5.54 Å². The van der Waals surface area contributed by atoms with Crippen LogP contribution in [0.3, 0.4) is 0 Å². The summed E-state index contributed by atoms with van der Waals surface area (Å²) in [6.45, 7) is 9.96. The van der Waals surface area contributed by atoms with E-state index in [1.807, 2.05) is 0 Å². The highest BCUT2D eigenvalue weighted by molar-refractivity contribution is 5.05. The monoisotopic (exact) mass is 291 g/mol. The van der Waals surface area contributed by atoms with Gasteiger partial charge < -0.3 is 4.90 Å². The number of rotatable bonds is 6. The molecule has 1 saturated carbocycles. The number of piperidine rings is 1. The van der Waals surface area contributed by atoms with Crippen LogP contribution in [0.2, 0.25) is 0 Å². The van der Waals surface area contributed by atoms with E-state index in [1.165, 1.54) is 45.2 Å². The fraction of sp³-hybridized carbons (Fsp3) is 0.944. The minimum atomic E-state index is -0.376. The summed E-state index contributed by atoms with van der Waals surface area (Å²) in [5.41, 5.74) is -0.376. The minimum absolute atomic E-state index is 0.376. The van der Waals surface area contributed by atoms with E-state index in [0.29, 0.717) is 6.04 Å². The molecule has 0 spiro atoms. The molecule has 1 aliphatic heterocycles. The van der Waals surface area contributed by atoms with Crippen LogP contribution in [0.15, 0.2) is 0 Å². The van der Waals surface area contributed by atoms with Crippen LogP contribution >= 0.6 is 0 Å². The number of hydrogen-bond donors (Lipinski definition) is 1. The van der Waals surface area contributed by atoms with Gasteiger partial charge in [0.2, 0.25) is 0 Å². The standard InChI is InChI=1S/C18H33N3/c1-4-10-20-18(3,14-19)12-15(2)21-11-9-16-7-5-6-8-17(16)13-21/h15-17,20H,4-13H2,1-3H3. The predicted molar refractivity (Wildman–Crippen MR) is 88.0 cm³/mol. The lowest BCUT2D eigenvalue weighted by Gasteiger charge is -2.44. The van der Waals surface area contributed by atoms with Gasteiger partial charge in [0.05, 0.1) is 6.07 Å². The summed E-state index contributed by atoms with van der Waals surface area (Å²) in [5.74, 6) is 1.91. The van der Waals surface area contributed by atoms with Crippen molar-refractivity contribution in [3.05, 3.63) is 0 Å². The molecular formula is C18H33N3. The van der Waals surface area contributed by atoms with Gasteiger partial charge in [-0.25, -0.2) is 0 Å². The third-order valence-corrected chi connectivity index (χ3v) is 5.66. The van der Waals surface area contributed by atoms with Gasteiger partial charge in [-0.1, -0.05) is 26.2 Å². The van der Waals surface area contributed by atoms with Gasteiger partial charge in [0.1, 0.15) is 5.54 Å². The highest BCUT2D eigenvalue weighted by Crippen LogP contribution is 2.37. The molecule has 0 aromatic heterocycles. The smallest absolute Gasteiger partial charge is 0.105 e. The summed E-state index contributed by atoms with van der Waals surface area (Å²) in [5, 5.41) is 12.9. The zero-order valence-electron chi connectivity index (χ0n) is 14.2. The average molecular weight is 291 g/mol. The van der Waals surface area contributed by atoms with Crippen LogP contribution in [-0.4, -0.2) is 36.1 Å². The predicted octanol–water partition coefficient (Wildman–Crippen LogP) is 3.56. The second kappa shape index (κ2) is 7.61. The van der Waals surface area contributed by atoms with Gasteiger partial charge in [0.15, 0.2) is 0 Å². The molecule has 0 radical (unpaired) electrons. The summed E-state index contributed by atoms with van der Waals surface area (Å²) in [6.07, 6.45) is 9.15. The van der Waals surface area contributed by atoms with Gasteiger partial charge in [0, 0.05) is 12.6 Å². The number of nitriles is 1. The molecule has 2 fully saturated rings. The Hall–Kier alpha value is -0.590. The van der Waals surface area contributed by atoms with E-state index in [1.54, 1.807) is 0 Å². The molecule has 120 valence electrons. The number of hydrogen-bond acceptors (Lipinski definition) is 3. The molecule has 0 bridgehead atoms. The topological polar surface area (TPSA) is 39.1 Å². The quantitative estimate of drug-likeness (QED) is 0.813. The Morgan fingerprint density at radius 2 is 2.00 bits per heavy atom. The van der Waals surface area contributed by atoms with Gasteiger partial charge in [-0.05, 0) is 64.5 Å². The molecule has 21 heavy (non-hydrogen) atoms. The van der Waals surface area contributed by atoms with Gasteiger partial charge in [-0.15, -0.1) is 0 Å². The molecular weight excluding hydrogens is 258 g/mol. The molecule has 1 N–H and O–H groups in total. The normalized spacial score (nSPS) is 31.0. The largest absolute Gasteiger partial charge is 0.300 e. The Morgan fingerprint density at radius 1 is 1.29 bits per heavy atom. The van der Waals surface area contributed by atoms with Crippen molar-refractivity contribution in [2.24, 2.45) is 11.8 Å². The van der Waals surface area contributed by atoms with Gasteiger partial charge >= 0.3 is 0 Å². The SMILES string of the molecule is CCCNC(C)(C#N)CC(C)N1CCC2CCCCC2C1. The third-order valence-electron chi connectivity index (χ3n) is 5.66. The lowest BCUT2D eigenvalue weighted by molar-refractivity contribution is 0.0535. The van der Waals surface area contributed by atoms with Crippen LogP contribution in [0.25, 0.3) is 0 Å². The van der Waals surface area contributed by atoms with Crippen molar-refractivity contribution in [3.8, 4) is 6.07 Å². The van der Waals surface area contributed by atoms with Crippen molar-refractivity contribution in [1.82, 2.24) is 10.2 Å². The van der Waals surface area contributed by atoms with Crippen LogP contribution in [0.5, 0.6) is 0 Å². The molecule has 0 amide bonds. The van der Waals surface area contributed by atoms with Crippen LogP contribution in [-0.2, 0) is 0 Å². The van der Waals surface area contributed by atoms with Crippen molar-refractivity contribution in [3.63, 3.8) is 0 Å². The molecule has 1 heterocycles. The number of nitrogens with one attached hydrogen (secondary N) is 1. The lowest BCUT2D eigenvalue weighted by Crippen LogP contribution is -2.51. The average Bonchev–Trinajstić information content (AvgIpc) is 2.52. The molecule has 1 saturated heterocycles. The zero-order chi connectivity index (χ0) is 15.3. The first-order valence-electron chi connectivity index (χ1n) is 8.98. The van der Waals surface area contributed by atoms with Crippen LogP contribution < -0.4 is 5.32 Å². The summed E-state index contributed by atoms with van der Waals surface area (Å²) in [6, 6.07) is 3.00. The van der Waals surface area contributed by atoms with Crippen molar-refractivity contribution >= 4 is 0 Å². The van der Waals surface area contributed by atoms with Gasteiger partial charge in [-0.3, -0.25) is 5.32 Å². The van der Waals surface area contributed by atoms with E-state index in [4.69, 9.17) is 0 Å². The summed E-state index contributed by atoms with van der Waals surface area (Å²) >= 11 is 0. The fourth-order valence-corrected chi connectivity index (χ4v) is 4.31. The minimum Gasteiger partial charge on any atom is -0.300 e. The summed E-state index contributed by atoms with van der Waals surface area (Å²) in [7, 11) is 0. The molecule has 4 unspecified atom stereocenters. The summed E-state index contributed by atoms with van der Waals surface area (Å²) < 4.78 is 0. The van der Waals surface area contributed by atoms with E-state index in [9.17, 15) is 5.26 Å². The Morgan fingerprint density at radius 3 is 2.67 bits per heavy atom. The van der Waals surface area contributed by atoms with Crippen molar-refractivity contribution < 1.29 is 0 Å². The van der Waals surface area contributed by atoms with E-state index in [2.05, 4.69) is 37.1 Å². The second-order valence-corrected chi connectivity index (χ2v) is 7.51. The van der Waals surface area contributed by atoms with Crippen LogP contribution in [0.4, 0.5) is 0 Å². The first kappa shape index (κ1) is 16.8. The molecule has 3 heteroatoms. The lowest BCUT2D eigenvalue weighted by atomic mass is 9.74. The van der Waals surface area contributed by atoms with Crippen molar-refractivity contribution in [2.45, 2.75) is 77.3 Å². The molecule has 0 aromatic carbocycles. The molecule has 2 aliphatic rings. The maximum absolute atomic E-state index is 9.52. The zero-order valence-corrected chi connectivity index (χ0v) is 14.2. The van der Waals surface area contributed by atoms with Crippen LogP contribution in [0, 0.1) is 23.2 Å². The Labute approximate surface area is 131 Å². The maximum Gasteiger partial charge on any atom is 0.105 e. The third kappa shape index (κ3) is 4.44. The Balaban J connectivity index is 1.87. The van der Waals surface area contributed by atoms with E-state index >= 15 is 0 Å². The van der Waals surface area contributed by atoms with E-state index < -0.39 is 0 Å². The molecule has 0 aromatic rings.